The standard InChI is InChI=1S/C30H27N3O.C2H2O4/c1-33-29(27-16-14-26(15-17-27)25-10-6-3-7-11-25)21-32-30(33)31-20-23-12-18-28(19-13-23)34-22-24-8-4-2-5-9-24;3-1(4)2(5)6/h2-19,21H,20,22H2,1H3,(H,31,32);(H,3,4)(H,5,6). The average Bonchev–Trinajstić information content (AvgIpc) is 3.36. The highest BCUT2D eigenvalue weighted by atomic mass is 16.5. The lowest BCUT2D eigenvalue weighted by Crippen LogP contribution is -2.09. The van der Waals surface area contributed by atoms with Crippen molar-refractivity contribution in [2.45, 2.75) is 13.2 Å². The predicted molar refractivity (Wildman–Crippen MR) is 154 cm³/mol. The van der Waals surface area contributed by atoms with Crippen LogP contribution in [0.15, 0.2) is 115 Å². The Bertz CT molecular complexity index is 1520. The summed E-state index contributed by atoms with van der Waals surface area (Å²) >= 11 is 0. The summed E-state index contributed by atoms with van der Waals surface area (Å²) < 4.78 is 7.97. The van der Waals surface area contributed by atoms with Crippen molar-refractivity contribution < 1.29 is 24.5 Å². The van der Waals surface area contributed by atoms with Gasteiger partial charge in [-0.1, -0.05) is 97.1 Å². The average molecular weight is 536 g/mol. The number of nitrogens with one attached hydrogen (secondary N) is 1. The quantitative estimate of drug-likeness (QED) is 0.206. The number of hydrogen-bond donors (Lipinski definition) is 3. The van der Waals surface area contributed by atoms with E-state index in [1.54, 1.807) is 0 Å². The summed E-state index contributed by atoms with van der Waals surface area (Å²) in [5.41, 5.74) is 6.98. The van der Waals surface area contributed by atoms with Gasteiger partial charge >= 0.3 is 11.9 Å². The molecular formula is C32H29N3O5. The topological polar surface area (TPSA) is 114 Å². The van der Waals surface area contributed by atoms with Gasteiger partial charge in [0.2, 0.25) is 5.95 Å². The van der Waals surface area contributed by atoms with E-state index >= 15 is 0 Å². The Morgan fingerprint density at radius 1 is 0.725 bits per heavy atom. The molecular weight excluding hydrogens is 506 g/mol. The van der Waals surface area contributed by atoms with E-state index in [2.05, 4.69) is 87.7 Å². The fraction of sp³-hybridized carbons (Fsp3) is 0.0938. The number of anilines is 1. The van der Waals surface area contributed by atoms with Crippen LogP contribution in [0.1, 0.15) is 11.1 Å². The van der Waals surface area contributed by atoms with Gasteiger partial charge in [0.25, 0.3) is 0 Å². The van der Waals surface area contributed by atoms with Gasteiger partial charge in [-0.2, -0.15) is 0 Å². The summed E-state index contributed by atoms with van der Waals surface area (Å²) in [5, 5.41) is 18.2. The number of carbonyl (C=O) groups is 2. The minimum Gasteiger partial charge on any atom is -0.489 e. The van der Waals surface area contributed by atoms with Crippen molar-refractivity contribution in [2.24, 2.45) is 7.05 Å². The van der Waals surface area contributed by atoms with Gasteiger partial charge in [0, 0.05) is 13.6 Å². The van der Waals surface area contributed by atoms with Crippen LogP contribution < -0.4 is 10.1 Å². The number of benzene rings is 4. The number of ether oxygens (including phenoxy) is 1. The first-order valence-electron chi connectivity index (χ1n) is 12.5. The molecule has 3 N–H and O–H groups in total. The van der Waals surface area contributed by atoms with Gasteiger partial charge in [0.05, 0.1) is 11.9 Å². The molecule has 0 fully saturated rings. The summed E-state index contributed by atoms with van der Waals surface area (Å²) in [6.07, 6.45) is 1.92. The lowest BCUT2D eigenvalue weighted by molar-refractivity contribution is -0.159. The molecule has 0 spiro atoms. The van der Waals surface area contributed by atoms with Crippen LogP contribution in [0.5, 0.6) is 5.75 Å². The number of aromatic nitrogens is 2. The van der Waals surface area contributed by atoms with Crippen molar-refractivity contribution in [3.05, 3.63) is 127 Å². The van der Waals surface area contributed by atoms with Crippen molar-refractivity contribution in [3.63, 3.8) is 0 Å². The summed E-state index contributed by atoms with van der Waals surface area (Å²) in [6.45, 7) is 1.26. The molecule has 0 saturated carbocycles. The van der Waals surface area contributed by atoms with E-state index in [4.69, 9.17) is 24.5 Å². The molecule has 0 atom stereocenters. The maximum atomic E-state index is 9.10. The van der Waals surface area contributed by atoms with Gasteiger partial charge in [-0.05, 0) is 39.9 Å². The highest BCUT2D eigenvalue weighted by molar-refractivity contribution is 6.27. The largest absolute Gasteiger partial charge is 0.489 e. The first-order chi connectivity index (χ1) is 19.4. The molecule has 0 bridgehead atoms. The predicted octanol–water partition coefficient (Wildman–Crippen LogP) is 6.10. The third-order valence-electron chi connectivity index (χ3n) is 6.08. The fourth-order valence-corrected chi connectivity index (χ4v) is 3.93. The van der Waals surface area contributed by atoms with Crippen LogP contribution in [0.4, 0.5) is 5.95 Å². The monoisotopic (exact) mass is 535 g/mol. The van der Waals surface area contributed by atoms with Crippen molar-refractivity contribution in [1.82, 2.24) is 9.55 Å². The van der Waals surface area contributed by atoms with Gasteiger partial charge in [0.1, 0.15) is 12.4 Å². The second-order valence-electron chi connectivity index (χ2n) is 8.85. The van der Waals surface area contributed by atoms with Gasteiger partial charge in [0.15, 0.2) is 0 Å². The Balaban J connectivity index is 0.000000557. The smallest absolute Gasteiger partial charge is 0.414 e. The molecule has 0 saturated heterocycles. The number of nitrogens with zero attached hydrogens (tertiary/aromatic N) is 2. The van der Waals surface area contributed by atoms with Crippen LogP contribution in [0, 0.1) is 0 Å². The van der Waals surface area contributed by atoms with E-state index in [1.165, 1.54) is 16.7 Å². The molecule has 0 aliphatic carbocycles. The Morgan fingerprint density at radius 2 is 1.27 bits per heavy atom. The number of imidazole rings is 1. The normalized spacial score (nSPS) is 10.2. The highest BCUT2D eigenvalue weighted by Crippen LogP contribution is 2.26. The number of aliphatic carboxylic acids is 2. The third-order valence-corrected chi connectivity index (χ3v) is 6.08. The Morgan fingerprint density at radius 3 is 1.88 bits per heavy atom. The van der Waals surface area contributed by atoms with E-state index in [0.717, 1.165) is 28.5 Å². The number of carboxylic acid groups (broad SMARTS) is 2. The van der Waals surface area contributed by atoms with E-state index in [1.807, 2.05) is 49.6 Å². The summed E-state index contributed by atoms with van der Waals surface area (Å²) in [6, 6.07) is 37.4. The molecule has 202 valence electrons. The molecule has 5 aromatic rings. The highest BCUT2D eigenvalue weighted by Gasteiger charge is 2.09. The molecule has 1 aromatic heterocycles. The molecule has 5 rings (SSSR count). The zero-order valence-corrected chi connectivity index (χ0v) is 21.9. The van der Waals surface area contributed by atoms with E-state index < -0.39 is 11.9 Å². The number of carboxylic acids is 2. The first-order valence-corrected chi connectivity index (χ1v) is 12.5. The van der Waals surface area contributed by atoms with Gasteiger partial charge in [-0.3, -0.25) is 0 Å². The van der Waals surface area contributed by atoms with Crippen LogP contribution >= 0.6 is 0 Å². The van der Waals surface area contributed by atoms with Crippen LogP contribution in [-0.4, -0.2) is 31.7 Å². The van der Waals surface area contributed by atoms with Crippen LogP contribution in [-0.2, 0) is 29.8 Å². The molecule has 1 heterocycles. The molecule has 0 amide bonds. The molecule has 8 nitrogen and oxygen atoms in total. The lowest BCUT2D eigenvalue weighted by Gasteiger charge is -2.10. The summed E-state index contributed by atoms with van der Waals surface area (Å²) in [4.78, 5) is 22.8. The molecule has 8 heteroatoms. The minimum absolute atomic E-state index is 0.570. The molecule has 4 aromatic carbocycles. The zero-order valence-electron chi connectivity index (χ0n) is 21.9. The Kier molecular flexibility index (Phi) is 9.29. The van der Waals surface area contributed by atoms with Gasteiger partial charge in [-0.25, -0.2) is 14.6 Å². The molecule has 0 radical (unpaired) electrons. The SMILES string of the molecule is Cn1c(-c2ccc(-c3ccccc3)cc2)cnc1NCc1ccc(OCc2ccccc2)cc1.O=C(O)C(=O)O. The van der Waals surface area contributed by atoms with Crippen LogP contribution in [0.25, 0.3) is 22.4 Å². The van der Waals surface area contributed by atoms with Gasteiger partial charge < -0.3 is 24.8 Å². The van der Waals surface area contributed by atoms with E-state index in [9.17, 15) is 0 Å². The second kappa shape index (κ2) is 13.4. The van der Waals surface area contributed by atoms with Gasteiger partial charge in [-0.15, -0.1) is 0 Å². The number of rotatable bonds is 8. The summed E-state index contributed by atoms with van der Waals surface area (Å²) in [5.74, 6) is -1.94. The fourth-order valence-electron chi connectivity index (χ4n) is 3.93. The van der Waals surface area contributed by atoms with Crippen LogP contribution in [0.3, 0.4) is 0 Å². The van der Waals surface area contributed by atoms with Crippen molar-refractivity contribution in [3.8, 4) is 28.1 Å². The van der Waals surface area contributed by atoms with Crippen LogP contribution in [0.2, 0.25) is 0 Å². The van der Waals surface area contributed by atoms with Crippen molar-refractivity contribution >= 4 is 17.9 Å². The zero-order chi connectivity index (χ0) is 28.3. The maximum Gasteiger partial charge on any atom is 0.414 e. The lowest BCUT2D eigenvalue weighted by atomic mass is 10.0. The van der Waals surface area contributed by atoms with Crippen molar-refractivity contribution in [1.29, 1.82) is 0 Å². The molecule has 0 aliphatic heterocycles. The Labute approximate surface area is 232 Å². The first kappa shape index (κ1) is 27.7. The molecule has 40 heavy (non-hydrogen) atoms. The van der Waals surface area contributed by atoms with E-state index in [0.29, 0.717) is 13.2 Å². The summed E-state index contributed by atoms with van der Waals surface area (Å²) in [7, 11) is 2.04. The maximum absolute atomic E-state index is 9.10. The van der Waals surface area contributed by atoms with Crippen molar-refractivity contribution in [2.75, 3.05) is 5.32 Å². The third kappa shape index (κ3) is 7.58. The minimum atomic E-state index is -1.82. The Hall–Kier alpha value is -5.37. The molecule has 0 aliphatic rings. The molecule has 0 unspecified atom stereocenters. The number of hydrogen-bond acceptors (Lipinski definition) is 5. The second-order valence-corrected chi connectivity index (χ2v) is 8.85. The van der Waals surface area contributed by atoms with E-state index in [-0.39, 0.29) is 0 Å².